The highest BCUT2D eigenvalue weighted by Gasteiger charge is 2.04. The van der Waals surface area contributed by atoms with Gasteiger partial charge in [0, 0.05) is 0 Å². The fourth-order valence-corrected chi connectivity index (χ4v) is 0.904. The van der Waals surface area contributed by atoms with E-state index in [1.54, 1.807) is 0 Å². The highest BCUT2D eigenvalue weighted by molar-refractivity contribution is 5.72. The number of nitrogens with two attached hydrogens (primary N) is 1. The molecule has 0 atom stereocenters. The number of nitrogen functional groups attached to an aromatic ring is 1. The van der Waals surface area contributed by atoms with Crippen molar-refractivity contribution in [3.8, 4) is 0 Å². The second-order valence-electron chi connectivity index (χ2n) is 2.16. The third-order valence-electron chi connectivity index (χ3n) is 1.37. The van der Waals surface area contributed by atoms with Crippen LogP contribution < -0.4 is 5.73 Å². The van der Waals surface area contributed by atoms with Gasteiger partial charge < -0.3 is 5.73 Å². The summed E-state index contributed by atoms with van der Waals surface area (Å²) in [5.41, 5.74) is 7.29. The van der Waals surface area contributed by atoms with Crippen LogP contribution in [0.3, 0.4) is 0 Å². The topological polar surface area (TPSA) is 93.4 Å². The van der Waals surface area contributed by atoms with E-state index in [-0.39, 0.29) is 5.95 Å². The first-order valence-electron chi connectivity index (χ1n) is 3.08. The zero-order valence-corrected chi connectivity index (χ0v) is 5.87. The fraction of sp³-hybridized carbons (Fsp3) is 0.200. The van der Waals surface area contributed by atoms with Gasteiger partial charge in [0.2, 0.25) is 11.6 Å². The lowest BCUT2D eigenvalue weighted by Crippen LogP contribution is -1.96. The minimum atomic E-state index is 0.226. The van der Waals surface area contributed by atoms with Crippen LogP contribution in [0.5, 0.6) is 0 Å². The van der Waals surface area contributed by atoms with Gasteiger partial charge in [-0.3, -0.25) is 0 Å². The van der Waals surface area contributed by atoms with Gasteiger partial charge in [0.1, 0.15) is 0 Å². The Labute approximate surface area is 61.8 Å². The molecule has 0 aliphatic carbocycles. The molecule has 0 aliphatic rings. The van der Waals surface area contributed by atoms with Crippen molar-refractivity contribution in [2.75, 3.05) is 5.73 Å². The zero-order valence-electron chi connectivity index (χ0n) is 5.87. The molecule has 0 radical (unpaired) electrons. The summed E-state index contributed by atoms with van der Waals surface area (Å²) in [5.74, 6) is 0.226. The van der Waals surface area contributed by atoms with Crippen LogP contribution in [0.25, 0.3) is 11.2 Å². The number of nitrogens with zero attached hydrogens (tertiary/aromatic N) is 4. The van der Waals surface area contributed by atoms with Crippen molar-refractivity contribution in [2.45, 2.75) is 6.92 Å². The van der Waals surface area contributed by atoms with Gasteiger partial charge in [0.15, 0.2) is 5.52 Å². The Morgan fingerprint density at radius 2 is 2.09 bits per heavy atom. The number of aromatic nitrogens is 5. The van der Waals surface area contributed by atoms with E-state index in [1.165, 1.54) is 0 Å². The number of nitrogens with one attached hydrogen (secondary N) is 1. The van der Waals surface area contributed by atoms with E-state index in [0.717, 1.165) is 5.69 Å². The van der Waals surface area contributed by atoms with Gasteiger partial charge in [-0.25, -0.2) is 4.98 Å². The molecule has 6 nitrogen and oxygen atoms in total. The van der Waals surface area contributed by atoms with Gasteiger partial charge in [0.25, 0.3) is 0 Å². The van der Waals surface area contributed by atoms with Crippen LogP contribution in [0.15, 0.2) is 0 Å². The van der Waals surface area contributed by atoms with E-state index in [2.05, 4.69) is 25.4 Å². The summed E-state index contributed by atoms with van der Waals surface area (Å²) < 4.78 is 0. The number of rotatable bonds is 0. The lowest BCUT2D eigenvalue weighted by atomic mass is 10.4. The summed E-state index contributed by atoms with van der Waals surface area (Å²) in [7, 11) is 0. The van der Waals surface area contributed by atoms with Gasteiger partial charge >= 0.3 is 0 Å². The van der Waals surface area contributed by atoms with E-state index in [0.29, 0.717) is 11.2 Å². The van der Waals surface area contributed by atoms with Crippen molar-refractivity contribution in [3.63, 3.8) is 0 Å². The van der Waals surface area contributed by atoms with Gasteiger partial charge in [-0.15, -0.1) is 5.10 Å². The number of hydrogen-bond donors (Lipinski definition) is 2. The van der Waals surface area contributed by atoms with Gasteiger partial charge in [-0.1, -0.05) is 0 Å². The molecule has 0 unspecified atom stereocenters. The quantitative estimate of drug-likeness (QED) is 0.534. The average molecular weight is 150 g/mol. The minimum Gasteiger partial charge on any atom is -0.368 e. The molecule has 2 aromatic rings. The summed E-state index contributed by atoms with van der Waals surface area (Å²) in [6, 6.07) is 0. The number of hydrogen-bond acceptors (Lipinski definition) is 5. The molecule has 11 heavy (non-hydrogen) atoms. The van der Waals surface area contributed by atoms with E-state index >= 15 is 0 Å². The van der Waals surface area contributed by atoms with E-state index in [4.69, 9.17) is 5.73 Å². The highest BCUT2D eigenvalue weighted by Crippen LogP contribution is 2.08. The molecular weight excluding hydrogens is 144 g/mol. The van der Waals surface area contributed by atoms with Crippen LogP contribution in [0.2, 0.25) is 0 Å². The first-order valence-corrected chi connectivity index (χ1v) is 3.08. The molecule has 6 heteroatoms. The summed E-state index contributed by atoms with van der Waals surface area (Å²) >= 11 is 0. The molecule has 0 spiro atoms. The molecule has 56 valence electrons. The minimum absolute atomic E-state index is 0.226. The molecule has 0 aliphatic heterocycles. The van der Waals surface area contributed by atoms with Crippen LogP contribution >= 0.6 is 0 Å². The lowest BCUT2D eigenvalue weighted by molar-refractivity contribution is 0.954. The maximum Gasteiger partial charge on any atom is 0.222 e. The van der Waals surface area contributed by atoms with Crippen LogP contribution in [0, 0.1) is 6.92 Å². The highest BCUT2D eigenvalue weighted by atomic mass is 15.3. The molecule has 0 aromatic carbocycles. The molecule has 0 bridgehead atoms. The maximum atomic E-state index is 5.38. The van der Waals surface area contributed by atoms with Crippen molar-refractivity contribution in [1.82, 2.24) is 25.4 Å². The Balaban J connectivity index is 2.91. The molecule has 0 saturated heterocycles. The second kappa shape index (κ2) is 1.88. The van der Waals surface area contributed by atoms with Crippen molar-refractivity contribution >= 4 is 17.1 Å². The smallest absolute Gasteiger partial charge is 0.222 e. The predicted molar refractivity (Wildman–Crippen MR) is 38.6 cm³/mol. The molecule has 2 aromatic heterocycles. The predicted octanol–water partition coefficient (Wildman–Crippen LogP) is -0.361. The van der Waals surface area contributed by atoms with Crippen molar-refractivity contribution < 1.29 is 0 Å². The number of anilines is 1. The van der Waals surface area contributed by atoms with Crippen LogP contribution in [-0.4, -0.2) is 25.4 Å². The number of aromatic amines is 1. The van der Waals surface area contributed by atoms with E-state index < -0.39 is 0 Å². The Hall–Kier alpha value is -1.72. The Kier molecular flexibility index (Phi) is 1.03. The molecule has 0 amide bonds. The zero-order chi connectivity index (χ0) is 7.84. The number of aryl methyl sites for hydroxylation is 1. The Morgan fingerprint density at radius 3 is 2.91 bits per heavy atom. The largest absolute Gasteiger partial charge is 0.368 e. The standard InChI is InChI=1S/C5H6N6/c1-2-3-4(10-11-9-3)8-5(6)7-2/h1H3,(H3,6,7,8,9,10,11). The Bertz CT molecular complexity index is 391. The molecule has 3 N–H and O–H groups in total. The van der Waals surface area contributed by atoms with Crippen LogP contribution in [-0.2, 0) is 0 Å². The van der Waals surface area contributed by atoms with Gasteiger partial charge in [0.05, 0.1) is 5.69 Å². The molecule has 2 rings (SSSR count). The maximum absolute atomic E-state index is 5.38. The number of fused-ring (bicyclic) bond motifs is 1. The number of H-pyrrole nitrogens is 1. The summed E-state index contributed by atoms with van der Waals surface area (Å²) in [6.07, 6.45) is 0. The van der Waals surface area contributed by atoms with Crippen LogP contribution in [0.1, 0.15) is 5.69 Å². The molecule has 2 heterocycles. The second-order valence-corrected chi connectivity index (χ2v) is 2.16. The third-order valence-corrected chi connectivity index (χ3v) is 1.37. The van der Waals surface area contributed by atoms with E-state index in [1.807, 2.05) is 6.92 Å². The van der Waals surface area contributed by atoms with Crippen molar-refractivity contribution in [2.24, 2.45) is 0 Å². The van der Waals surface area contributed by atoms with Gasteiger partial charge in [-0.05, 0) is 6.92 Å². The van der Waals surface area contributed by atoms with Gasteiger partial charge in [-0.2, -0.15) is 15.3 Å². The summed E-state index contributed by atoms with van der Waals surface area (Å²) in [4.78, 5) is 7.78. The average Bonchev–Trinajstić information content (AvgIpc) is 2.34. The normalized spacial score (nSPS) is 10.6. The van der Waals surface area contributed by atoms with E-state index in [9.17, 15) is 0 Å². The van der Waals surface area contributed by atoms with Crippen molar-refractivity contribution in [1.29, 1.82) is 0 Å². The first kappa shape index (κ1) is 6.02. The third kappa shape index (κ3) is 0.794. The summed E-state index contributed by atoms with van der Waals surface area (Å²) in [6.45, 7) is 1.81. The molecule has 0 fully saturated rings. The lowest BCUT2D eigenvalue weighted by Gasteiger charge is -1.92. The summed E-state index contributed by atoms with van der Waals surface area (Å²) in [5, 5.41) is 10.1. The first-order chi connectivity index (χ1) is 5.27. The van der Waals surface area contributed by atoms with Crippen LogP contribution in [0.4, 0.5) is 5.95 Å². The SMILES string of the molecule is Cc1nc(N)nc2n[nH]nc12. The molecule has 0 saturated carbocycles. The Morgan fingerprint density at radius 1 is 1.27 bits per heavy atom. The monoisotopic (exact) mass is 150 g/mol. The fourth-order valence-electron chi connectivity index (χ4n) is 0.904. The molecular formula is C5H6N6. The van der Waals surface area contributed by atoms with Crippen molar-refractivity contribution in [3.05, 3.63) is 5.69 Å².